The number of methoxy groups -OCH3 is 1. The molecule has 0 aliphatic heterocycles. The summed E-state index contributed by atoms with van der Waals surface area (Å²) < 4.78 is 22.5. The van der Waals surface area contributed by atoms with Crippen LogP contribution in [0.3, 0.4) is 0 Å². The van der Waals surface area contributed by atoms with Gasteiger partial charge in [0, 0.05) is 5.02 Å². The van der Waals surface area contributed by atoms with Gasteiger partial charge < -0.3 is 4.74 Å². The van der Waals surface area contributed by atoms with E-state index < -0.39 is 10.9 Å². The van der Waals surface area contributed by atoms with Gasteiger partial charge in [-0.3, -0.25) is 0 Å². The number of ether oxygens (including phenoxy) is 1. The molecule has 0 spiro atoms. The van der Waals surface area contributed by atoms with Crippen LogP contribution in [0.25, 0.3) is 0 Å². The van der Waals surface area contributed by atoms with Crippen LogP contribution in [0.15, 0.2) is 24.3 Å². The second-order valence-corrected chi connectivity index (χ2v) is 2.95. The molecule has 0 atom stereocenters. The fourth-order valence-corrected chi connectivity index (χ4v) is 0.697. The largest absolute Gasteiger partial charge is 0.497 e. The number of thiol groups is 1. The van der Waals surface area contributed by atoms with E-state index in [0.717, 1.165) is 10.8 Å². The molecular formula is C7H10ClNO3S. The number of rotatable bonds is 1. The average molecular weight is 224 g/mol. The van der Waals surface area contributed by atoms with Gasteiger partial charge in [-0.1, -0.05) is 11.6 Å². The summed E-state index contributed by atoms with van der Waals surface area (Å²) in [6, 6.07) is 7.23. The minimum Gasteiger partial charge on any atom is -0.497 e. The van der Waals surface area contributed by atoms with Crippen molar-refractivity contribution in [2.75, 3.05) is 7.11 Å². The summed E-state index contributed by atoms with van der Waals surface area (Å²) in [6.45, 7) is 0. The lowest BCUT2D eigenvalue weighted by Crippen LogP contribution is -1.85. The van der Waals surface area contributed by atoms with Crippen molar-refractivity contribution in [2.45, 2.75) is 0 Å². The fourth-order valence-electron chi connectivity index (χ4n) is 0.571. The van der Waals surface area contributed by atoms with Gasteiger partial charge in [0.15, 0.2) is 10.9 Å². The van der Waals surface area contributed by atoms with Gasteiger partial charge in [-0.15, -0.1) is 0 Å². The molecule has 0 aliphatic carbocycles. The molecule has 1 aromatic rings. The van der Waals surface area contributed by atoms with E-state index in [2.05, 4.69) is 5.14 Å². The van der Waals surface area contributed by atoms with Crippen LogP contribution < -0.4 is 9.88 Å². The molecule has 6 heteroatoms. The maximum atomic E-state index is 8.81. The number of nitrogens with two attached hydrogens (primary N) is 1. The van der Waals surface area contributed by atoms with E-state index in [1.54, 1.807) is 19.2 Å². The van der Waals surface area contributed by atoms with E-state index in [-0.39, 0.29) is 0 Å². The van der Waals surface area contributed by atoms with Crippen molar-refractivity contribution in [1.82, 2.24) is 0 Å². The first kappa shape index (κ1) is 12.2. The van der Waals surface area contributed by atoms with Crippen LogP contribution in [0.5, 0.6) is 5.75 Å². The first-order chi connectivity index (χ1) is 6.06. The number of halogens is 1. The van der Waals surface area contributed by atoms with Crippen LogP contribution in [-0.2, 0) is 10.9 Å². The van der Waals surface area contributed by atoms with E-state index in [9.17, 15) is 0 Å². The monoisotopic (exact) mass is 223 g/mol. The summed E-state index contributed by atoms with van der Waals surface area (Å²) >= 11 is 5.61. The molecule has 0 heterocycles. The molecule has 1 rings (SSSR count). The standard InChI is InChI=1S/C7H7ClO.H3NO2S/c1-9-7-4-2-6(8)3-5-7;1-4(2)3/h2-5H,1H3;4H,(H2,1,2,3). The molecule has 0 aliphatic rings. The minimum absolute atomic E-state index is 0.732. The maximum absolute atomic E-state index is 8.81. The lowest BCUT2D eigenvalue weighted by molar-refractivity contribution is 0.415. The molecule has 0 saturated heterocycles. The van der Waals surface area contributed by atoms with Crippen molar-refractivity contribution in [3.8, 4) is 5.75 Å². The van der Waals surface area contributed by atoms with Crippen LogP contribution in [0, 0.1) is 0 Å². The Morgan fingerprint density at radius 2 is 1.69 bits per heavy atom. The molecule has 13 heavy (non-hydrogen) atoms. The molecule has 4 nitrogen and oxygen atoms in total. The Morgan fingerprint density at radius 3 is 2.00 bits per heavy atom. The average Bonchev–Trinajstić information content (AvgIpc) is 2.05. The zero-order valence-electron chi connectivity index (χ0n) is 6.94. The van der Waals surface area contributed by atoms with Gasteiger partial charge in [-0.2, -0.15) is 0 Å². The van der Waals surface area contributed by atoms with Crippen molar-refractivity contribution in [1.29, 1.82) is 0 Å². The summed E-state index contributed by atoms with van der Waals surface area (Å²) in [4.78, 5) is 0. The topological polar surface area (TPSA) is 69.4 Å². The fraction of sp³-hybridized carbons (Fsp3) is 0.143. The summed E-state index contributed by atoms with van der Waals surface area (Å²) in [6.07, 6.45) is 0. The Hall–Kier alpha value is -0.780. The van der Waals surface area contributed by atoms with Gasteiger partial charge in [0.1, 0.15) is 5.75 Å². The smallest absolute Gasteiger partial charge is 0.198 e. The van der Waals surface area contributed by atoms with Crippen LogP contribution in [-0.4, -0.2) is 15.5 Å². The molecule has 0 fully saturated rings. The molecular weight excluding hydrogens is 214 g/mol. The highest BCUT2D eigenvalue weighted by Crippen LogP contribution is 2.14. The van der Waals surface area contributed by atoms with E-state index >= 15 is 0 Å². The highest BCUT2D eigenvalue weighted by atomic mass is 35.5. The summed E-state index contributed by atoms with van der Waals surface area (Å²) in [7, 11) is -0.992. The molecule has 0 saturated carbocycles. The van der Waals surface area contributed by atoms with Crippen molar-refractivity contribution < 1.29 is 13.2 Å². The number of benzene rings is 1. The Kier molecular flexibility index (Phi) is 6.30. The van der Waals surface area contributed by atoms with E-state index in [1.165, 1.54) is 0 Å². The van der Waals surface area contributed by atoms with Gasteiger partial charge in [-0.25, -0.2) is 13.6 Å². The molecule has 0 unspecified atom stereocenters. The van der Waals surface area contributed by atoms with Crippen molar-refractivity contribution >= 4 is 22.5 Å². The van der Waals surface area contributed by atoms with Crippen LogP contribution in [0.1, 0.15) is 0 Å². The van der Waals surface area contributed by atoms with Crippen molar-refractivity contribution in [3.05, 3.63) is 29.3 Å². The first-order valence-corrected chi connectivity index (χ1v) is 4.87. The summed E-state index contributed by atoms with van der Waals surface area (Å²) in [5, 5.41) is 4.80. The molecule has 1 aromatic carbocycles. The molecule has 0 aromatic heterocycles. The zero-order valence-corrected chi connectivity index (χ0v) is 8.59. The third-order valence-electron chi connectivity index (χ3n) is 1.05. The Labute approximate surface area is 83.4 Å². The first-order valence-electron chi connectivity index (χ1n) is 3.25. The normalized spacial score (nSPS) is 8.92. The second-order valence-electron chi connectivity index (χ2n) is 1.94. The summed E-state index contributed by atoms with van der Waals surface area (Å²) in [5.74, 6) is 0.833. The SMILES string of the molecule is COc1ccc(Cl)cc1.N[SH](=O)=O. The van der Waals surface area contributed by atoms with Gasteiger partial charge in [0.05, 0.1) is 7.11 Å². The lowest BCUT2D eigenvalue weighted by Gasteiger charge is -1.96. The van der Waals surface area contributed by atoms with Crippen molar-refractivity contribution in [2.24, 2.45) is 5.14 Å². The Balaban J connectivity index is 0.000000310. The number of hydrogen-bond donors (Lipinski definition) is 2. The maximum Gasteiger partial charge on any atom is 0.198 e. The highest BCUT2D eigenvalue weighted by Gasteiger charge is 1.87. The third kappa shape index (κ3) is 7.58. The van der Waals surface area contributed by atoms with Crippen molar-refractivity contribution in [3.63, 3.8) is 0 Å². The number of hydrogen-bond acceptors (Lipinski definition) is 3. The Bertz CT molecular complexity index is 302. The predicted octanol–water partition coefficient (Wildman–Crippen LogP) is 0.820. The van der Waals surface area contributed by atoms with Gasteiger partial charge in [0.2, 0.25) is 0 Å². The molecule has 2 N–H and O–H groups in total. The van der Waals surface area contributed by atoms with Gasteiger partial charge in [-0.05, 0) is 24.3 Å². The van der Waals surface area contributed by atoms with E-state index in [4.69, 9.17) is 24.8 Å². The molecule has 74 valence electrons. The highest BCUT2D eigenvalue weighted by molar-refractivity contribution is 7.69. The quantitative estimate of drug-likeness (QED) is 0.693. The third-order valence-corrected chi connectivity index (χ3v) is 1.30. The lowest BCUT2D eigenvalue weighted by atomic mass is 10.3. The Morgan fingerprint density at radius 1 is 1.31 bits per heavy atom. The van der Waals surface area contributed by atoms with Gasteiger partial charge in [0.25, 0.3) is 0 Å². The molecule has 0 amide bonds. The second kappa shape index (κ2) is 6.71. The van der Waals surface area contributed by atoms with Gasteiger partial charge >= 0.3 is 0 Å². The molecule has 0 bridgehead atoms. The van der Waals surface area contributed by atoms with Crippen LogP contribution in [0.4, 0.5) is 0 Å². The molecule has 0 radical (unpaired) electrons. The van der Waals surface area contributed by atoms with E-state index in [0.29, 0.717) is 0 Å². The minimum atomic E-state index is -2.62. The summed E-state index contributed by atoms with van der Waals surface area (Å²) in [5.41, 5.74) is 0. The zero-order chi connectivity index (χ0) is 10.3. The van der Waals surface area contributed by atoms with E-state index in [1.807, 2.05) is 12.1 Å². The predicted molar refractivity (Wildman–Crippen MR) is 52.5 cm³/mol. The van der Waals surface area contributed by atoms with Crippen LogP contribution in [0.2, 0.25) is 5.02 Å². The van der Waals surface area contributed by atoms with Crippen LogP contribution >= 0.6 is 11.6 Å².